The van der Waals surface area contributed by atoms with Crippen molar-refractivity contribution >= 4 is 40.7 Å². The summed E-state index contributed by atoms with van der Waals surface area (Å²) in [5.41, 5.74) is 1.19. The van der Waals surface area contributed by atoms with Crippen molar-refractivity contribution in [1.82, 2.24) is 15.6 Å². The van der Waals surface area contributed by atoms with E-state index < -0.39 is 6.36 Å². The second-order valence-electron chi connectivity index (χ2n) is 6.18. The number of nitrogens with zero attached hydrogens (tertiary/aromatic N) is 2. The van der Waals surface area contributed by atoms with Crippen LogP contribution in [0.15, 0.2) is 65.8 Å². The standard InChI is InChI=1S/C21H21F3N4O.HI/c1-2-25-20(27-13-16-8-4-6-10-19(16)29-21(22,23)24)28-14-18-17-9-5-3-7-15(17)11-12-26-18;/h3-12H,2,13-14H2,1H3,(H2,25,27,28);1H. The van der Waals surface area contributed by atoms with Crippen LogP contribution in [-0.2, 0) is 13.1 Å². The van der Waals surface area contributed by atoms with Gasteiger partial charge in [0, 0.05) is 23.7 Å². The van der Waals surface area contributed by atoms with E-state index in [9.17, 15) is 13.2 Å². The number of halogens is 4. The van der Waals surface area contributed by atoms with Crippen LogP contribution in [0.3, 0.4) is 0 Å². The third-order valence-electron chi connectivity index (χ3n) is 4.13. The predicted octanol–water partition coefficient (Wildman–Crippen LogP) is 5.01. The van der Waals surface area contributed by atoms with Crippen molar-refractivity contribution < 1.29 is 17.9 Å². The molecule has 0 aliphatic heterocycles. The third kappa shape index (κ3) is 6.75. The van der Waals surface area contributed by atoms with Crippen LogP contribution in [-0.4, -0.2) is 23.9 Å². The number of guanidine groups is 1. The minimum Gasteiger partial charge on any atom is -0.405 e. The number of aliphatic imine (C=N–C) groups is 1. The summed E-state index contributed by atoms with van der Waals surface area (Å²) in [5, 5.41) is 8.38. The van der Waals surface area contributed by atoms with Crippen molar-refractivity contribution in [2.75, 3.05) is 6.54 Å². The average molecular weight is 530 g/mol. The molecule has 0 atom stereocenters. The molecule has 0 aliphatic carbocycles. The molecule has 5 nitrogen and oxygen atoms in total. The summed E-state index contributed by atoms with van der Waals surface area (Å²) >= 11 is 0. The molecular weight excluding hydrogens is 508 g/mol. The molecule has 30 heavy (non-hydrogen) atoms. The van der Waals surface area contributed by atoms with Crippen molar-refractivity contribution in [2.24, 2.45) is 4.99 Å². The number of hydrogen-bond donors (Lipinski definition) is 2. The van der Waals surface area contributed by atoms with Gasteiger partial charge in [-0.05, 0) is 24.4 Å². The number of ether oxygens (including phenoxy) is 1. The van der Waals surface area contributed by atoms with Crippen molar-refractivity contribution in [3.05, 3.63) is 72.1 Å². The van der Waals surface area contributed by atoms with E-state index in [0.29, 0.717) is 24.6 Å². The molecule has 0 amide bonds. The fraction of sp³-hybridized carbons (Fsp3) is 0.238. The van der Waals surface area contributed by atoms with E-state index in [-0.39, 0.29) is 36.3 Å². The fourth-order valence-electron chi connectivity index (χ4n) is 2.86. The first-order valence-electron chi connectivity index (χ1n) is 9.14. The number of nitrogens with one attached hydrogen (secondary N) is 2. The molecule has 0 bridgehead atoms. The summed E-state index contributed by atoms with van der Waals surface area (Å²) in [6.07, 6.45) is -3.00. The van der Waals surface area contributed by atoms with Crippen LogP contribution in [0.2, 0.25) is 0 Å². The zero-order valence-electron chi connectivity index (χ0n) is 16.2. The molecular formula is C21H22F3IN4O. The van der Waals surface area contributed by atoms with Gasteiger partial charge in [0.1, 0.15) is 5.75 Å². The summed E-state index contributed by atoms with van der Waals surface area (Å²) < 4.78 is 41.8. The average Bonchev–Trinajstić information content (AvgIpc) is 2.70. The van der Waals surface area contributed by atoms with Gasteiger partial charge in [0.15, 0.2) is 5.96 Å². The molecule has 1 aromatic heterocycles. The highest BCUT2D eigenvalue weighted by atomic mass is 127. The molecule has 160 valence electrons. The Morgan fingerprint density at radius 2 is 1.77 bits per heavy atom. The van der Waals surface area contributed by atoms with Crippen LogP contribution in [0.25, 0.3) is 10.8 Å². The lowest BCUT2D eigenvalue weighted by atomic mass is 10.1. The molecule has 2 aromatic carbocycles. The molecule has 0 saturated carbocycles. The van der Waals surface area contributed by atoms with Gasteiger partial charge in [-0.1, -0.05) is 42.5 Å². The molecule has 0 saturated heterocycles. The Bertz CT molecular complexity index is 990. The number of alkyl halides is 3. The number of aromatic nitrogens is 1. The maximum atomic E-state index is 12.6. The lowest BCUT2D eigenvalue weighted by Crippen LogP contribution is -2.37. The second kappa shape index (κ2) is 11.0. The first-order chi connectivity index (χ1) is 14.0. The van der Waals surface area contributed by atoms with E-state index in [1.807, 2.05) is 37.3 Å². The lowest BCUT2D eigenvalue weighted by molar-refractivity contribution is -0.274. The Kier molecular flexibility index (Phi) is 8.70. The lowest BCUT2D eigenvalue weighted by Gasteiger charge is -2.14. The molecule has 0 radical (unpaired) electrons. The number of para-hydroxylation sites is 1. The fourth-order valence-corrected chi connectivity index (χ4v) is 2.86. The van der Waals surface area contributed by atoms with Gasteiger partial charge in [-0.2, -0.15) is 0 Å². The van der Waals surface area contributed by atoms with Crippen LogP contribution >= 0.6 is 24.0 Å². The maximum Gasteiger partial charge on any atom is 0.573 e. The molecule has 3 aromatic rings. The Labute approximate surface area is 189 Å². The molecule has 0 spiro atoms. The largest absolute Gasteiger partial charge is 0.573 e. The third-order valence-corrected chi connectivity index (χ3v) is 4.13. The molecule has 1 heterocycles. The molecule has 9 heteroatoms. The van der Waals surface area contributed by atoms with E-state index in [2.05, 4.69) is 25.3 Å². The summed E-state index contributed by atoms with van der Waals surface area (Å²) in [6, 6.07) is 15.8. The Balaban J connectivity index is 0.00000320. The predicted molar refractivity (Wildman–Crippen MR) is 122 cm³/mol. The Hall–Kier alpha value is -2.56. The van der Waals surface area contributed by atoms with E-state index in [1.165, 1.54) is 12.1 Å². The molecule has 0 aliphatic rings. The summed E-state index contributed by atoms with van der Waals surface area (Å²) in [7, 11) is 0. The highest BCUT2D eigenvalue weighted by Crippen LogP contribution is 2.26. The van der Waals surface area contributed by atoms with Gasteiger partial charge in [0.05, 0.1) is 18.8 Å². The number of rotatable bonds is 6. The zero-order chi connectivity index (χ0) is 20.7. The monoisotopic (exact) mass is 530 g/mol. The Morgan fingerprint density at radius 1 is 1.03 bits per heavy atom. The van der Waals surface area contributed by atoms with E-state index >= 15 is 0 Å². The Morgan fingerprint density at radius 3 is 2.53 bits per heavy atom. The second-order valence-corrected chi connectivity index (χ2v) is 6.18. The number of pyridine rings is 1. The van der Waals surface area contributed by atoms with Crippen molar-refractivity contribution in [1.29, 1.82) is 0 Å². The highest BCUT2D eigenvalue weighted by Gasteiger charge is 2.31. The molecule has 0 unspecified atom stereocenters. The van der Waals surface area contributed by atoms with Gasteiger partial charge in [-0.15, -0.1) is 37.1 Å². The van der Waals surface area contributed by atoms with Crippen molar-refractivity contribution in [3.63, 3.8) is 0 Å². The first kappa shape index (κ1) is 23.7. The number of benzene rings is 2. The van der Waals surface area contributed by atoms with Gasteiger partial charge in [0.2, 0.25) is 0 Å². The number of fused-ring (bicyclic) bond motifs is 1. The van der Waals surface area contributed by atoms with Gasteiger partial charge >= 0.3 is 6.36 Å². The van der Waals surface area contributed by atoms with Gasteiger partial charge < -0.3 is 15.4 Å². The zero-order valence-corrected chi connectivity index (χ0v) is 18.6. The molecule has 0 fully saturated rings. The maximum absolute atomic E-state index is 12.6. The summed E-state index contributed by atoms with van der Waals surface area (Å²) in [5.74, 6) is 0.222. The van der Waals surface area contributed by atoms with Gasteiger partial charge in [-0.25, -0.2) is 4.99 Å². The van der Waals surface area contributed by atoms with Crippen LogP contribution in [0.4, 0.5) is 13.2 Å². The van der Waals surface area contributed by atoms with Crippen LogP contribution in [0.5, 0.6) is 5.75 Å². The topological polar surface area (TPSA) is 58.5 Å². The SMILES string of the molecule is CCNC(=NCc1ccccc1OC(F)(F)F)NCc1nccc2ccccc12.I. The van der Waals surface area contributed by atoms with Gasteiger partial charge in [-0.3, -0.25) is 4.98 Å². The highest BCUT2D eigenvalue weighted by molar-refractivity contribution is 14.0. The normalized spacial score (nSPS) is 11.7. The van der Waals surface area contributed by atoms with E-state index in [1.54, 1.807) is 18.3 Å². The smallest absolute Gasteiger partial charge is 0.405 e. The van der Waals surface area contributed by atoms with Crippen LogP contribution in [0.1, 0.15) is 18.2 Å². The van der Waals surface area contributed by atoms with Crippen LogP contribution < -0.4 is 15.4 Å². The molecule has 2 N–H and O–H groups in total. The van der Waals surface area contributed by atoms with E-state index in [4.69, 9.17) is 0 Å². The van der Waals surface area contributed by atoms with Crippen LogP contribution in [0, 0.1) is 0 Å². The summed E-state index contributed by atoms with van der Waals surface area (Å²) in [4.78, 5) is 8.81. The van der Waals surface area contributed by atoms with E-state index in [0.717, 1.165) is 16.5 Å². The molecule has 3 rings (SSSR count). The number of hydrogen-bond acceptors (Lipinski definition) is 3. The summed E-state index contributed by atoms with van der Waals surface area (Å²) in [6.45, 7) is 2.97. The quantitative estimate of drug-likeness (QED) is 0.268. The van der Waals surface area contributed by atoms with Crippen molar-refractivity contribution in [2.45, 2.75) is 26.4 Å². The van der Waals surface area contributed by atoms with Crippen molar-refractivity contribution in [3.8, 4) is 5.75 Å². The minimum atomic E-state index is -4.75. The first-order valence-corrected chi connectivity index (χ1v) is 9.14. The minimum absolute atomic E-state index is 0. The van der Waals surface area contributed by atoms with Gasteiger partial charge in [0.25, 0.3) is 0 Å².